The van der Waals surface area contributed by atoms with E-state index in [0.717, 1.165) is 15.3 Å². The maximum atomic E-state index is 11.1. The molecule has 0 aromatic carbocycles. The standard InChI is InChI=1S/C11H9NO2S/c1-7(13)9-3-4-10(15-9)8-2-5-11(14)12-6-8/h2-6H,1H3,(H,12,14). The Bertz CT molecular complexity index is 533. The smallest absolute Gasteiger partial charge is 0.247 e. The number of nitrogens with one attached hydrogen (secondary N) is 1. The van der Waals surface area contributed by atoms with Crippen molar-refractivity contribution in [2.75, 3.05) is 0 Å². The first-order valence-corrected chi connectivity index (χ1v) is 5.28. The highest BCUT2D eigenvalue weighted by atomic mass is 32.1. The number of thiophene rings is 1. The number of hydrogen-bond acceptors (Lipinski definition) is 3. The van der Waals surface area contributed by atoms with Gasteiger partial charge in [-0.3, -0.25) is 9.59 Å². The first kappa shape index (κ1) is 9.86. The van der Waals surface area contributed by atoms with Crippen molar-refractivity contribution in [1.29, 1.82) is 0 Å². The maximum absolute atomic E-state index is 11.1. The van der Waals surface area contributed by atoms with E-state index < -0.39 is 0 Å². The average molecular weight is 219 g/mol. The van der Waals surface area contributed by atoms with E-state index in [9.17, 15) is 9.59 Å². The van der Waals surface area contributed by atoms with Crippen molar-refractivity contribution in [2.24, 2.45) is 0 Å². The summed E-state index contributed by atoms with van der Waals surface area (Å²) in [4.78, 5) is 26.3. The molecule has 0 spiro atoms. The lowest BCUT2D eigenvalue weighted by Crippen LogP contribution is -2.00. The Kier molecular flexibility index (Phi) is 2.51. The van der Waals surface area contributed by atoms with Gasteiger partial charge in [0.15, 0.2) is 5.78 Å². The Labute approximate surface area is 90.4 Å². The van der Waals surface area contributed by atoms with Crippen molar-refractivity contribution in [2.45, 2.75) is 6.92 Å². The normalized spacial score (nSPS) is 10.2. The summed E-state index contributed by atoms with van der Waals surface area (Å²) in [6, 6.07) is 6.90. The summed E-state index contributed by atoms with van der Waals surface area (Å²) in [5.74, 6) is 0.0654. The lowest BCUT2D eigenvalue weighted by Gasteiger charge is -1.94. The molecule has 0 aliphatic carbocycles. The van der Waals surface area contributed by atoms with Gasteiger partial charge in [0.1, 0.15) is 0 Å². The molecule has 0 atom stereocenters. The second-order valence-electron chi connectivity index (χ2n) is 3.16. The van der Waals surface area contributed by atoms with Gasteiger partial charge in [0.25, 0.3) is 0 Å². The SMILES string of the molecule is CC(=O)c1ccc(-c2ccc(=O)[nH]c2)s1. The summed E-state index contributed by atoms with van der Waals surface area (Å²) < 4.78 is 0. The first-order chi connectivity index (χ1) is 7.16. The molecule has 0 fully saturated rings. The minimum absolute atomic E-state index is 0.0654. The summed E-state index contributed by atoms with van der Waals surface area (Å²) >= 11 is 1.43. The number of H-pyrrole nitrogens is 1. The first-order valence-electron chi connectivity index (χ1n) is 4.47. The molecule has 4 heteroatoms. The van der Waals surface area contributed by atoms with E-state index in [1.807, 2.05) is 6.07 Å². The van der Waals surface area contributed by atoms with E-state index in [2.05, 4.69) is 4.98 Å². The van der Waals surface area contributed by atoms with Gasteiger partial charge in [0.2, 0.25) is 5.56 Å². The van der Waals surface area contributed by atoms with Gasteiger partial charge in [0, 0.05) is 22.7 Å². The van der Waals surface area contributed by atoms with Crippen LogP contribution in [-0.4, -0.2) is 10.8 Å². The monoisotopic (exact) mass is 219 g/mol. The Hall–Kier alpha value is -1.68. The Morgan fingerprint density at radius 1 is 1.27 bits per heavy atom. The molecule has 0 aliphatic rings. The Morgan fingerprint density at radius 2 is 2.07 bits per heavy atom. The zero-order valence-corrected chi connectivity index (χ0v) is 8.93. The van der Waals surface area contributed by atoms with Crippen LogP contribution in [0.25, 0.3) is 10.4 Å². The molecule has 1 N–H and O–H groups in total. The topological polar surface area (TPSA) is 49.9 Å². The van der Waals surface area contributed by atoms with Crippen LogP contribution >= 0.6 is 11.3 Å². The molecule has 2 rings (SSSR count). The number of carbonyl (C=O) groups excluding carboxylic acids is 1. The van der Waals surface area contributed by atoms with Crippen LogP contribution in [0.1, 0.15) is 16.6 Å². The fraction of sp³-hybridized carbons (Fsp3) is 0.0909. The van der Waals surface area contributed by atoms with E-state index in [-0.39, 0.29) is 11.3 Å². The molecule has 2 aromatic rings. The van der Waals surface area contributed by atoms with Gasteiger partial charge < -0.3 is 4.98 Å². The van der Waals surface area contributed by atoms with Gasteiger partial charge in [0.05, 0.1) is 4.88 Å². The number of aromatic nitrogens is 1. The molecular formula is C11H9NO2S. The van der Waals surface area contributed by atoms with Crippen LogP contribution in [0.5, 0.6) is 0 Å². The van der Waals surface area contributed by atoms with Crippen LogP contribution < -0.4 is 5.56 Å². The van der Waals surface area contributed by atoms with Crippen LogP contribution in [0.2, 0.25) is 0 Å². The lowest BCUT2D eigenvalue weighted by molar-refractivity contribution is 0.102. The fourth-order valence-corrected chi connectivity index (χ4v) is 2.14. The molecule has 0 saturated carbocycles. The summed E-state index contributed by atoms with van der Waals surface area (Å²) in [6.45, 7) is 1.54. The Morgan fingerprint density at radius 3 is 2.60 bits per heavy atom. The number of rotatable bonds is 2. The van der Waals surface area contributed by atoms with E-state index in [1.165, 1.54) is 17.4 Å². The van der Waals surface area contributed by atoms with Crippen molar-refractivity contribution < 1.29 is 4.79 Å². The average Bonchev–Trinajstić information content (AvgIpc) is 2.68. The predicted molar refractivity (Wildman–Crippen MR) is 60.4 cm³/mol. The zero-order chi connectivity index (χ0) is 10.8. The minimum atomic E-state index is -0.123. The summed E-state index contributed by atoms with van der Waals surface area (Å²) in [5, 5.41) is 0. The number of Topliss-reactive ketones (excluding diaryl/α,β-unsaturated/α-hetero) is 1. The summed E-state index contributed by atoms with van der Waals surface area (Å²) in [6.07, 6.45) is 1.65. The van der Waals surface area contributed by atoms with E-state index in [1.54, 1.807) is 25.3 Å². The van der Waals surface area contributed by atoms with Gasteiger partial charge in [-0.15, -0.1) is 11.3 Å². The highest BCUT2D eigenvalue weighted by Gasteiger charge is 2.05. The number of hydrogen-bond donors (Lipinski definition) is 1. The molecule has 0 amide bonds. The van der Waals surface area contributed by atoms with E-state index in [4.69, 9.17) is 0 Å². The highest BCUT2D eigenvalue weighted by Crippen LogP contribution is 2.27. The van der Waals surface area contributed by atoms with Crippen molar-refractivity contribution >= 4 is 17.1 Å². The second-order valence-corrected chi connectivity index (χ2v) is 4.25. The number of aromatic amines is 1. The zero-order valence-electron chi connectivity index (χ0n) is 8.11. The van der Waals surface area contributed by atoms with Gasteiger partial charge in [-0.05, 0) is 25.1 Å². The predicted octanol–water partition coefficient (Wildman–Crippen LogP) is 2.31. The molecule has 2 heterocycles. The maximum Gasteiger partial charge on any atom is 0.247 e. The molecule has 15 heavy (non-hydrogen) atoms. The van der Waals surface area contributed by atoms with Crippen molar-refractivity contribution in [3.63, 3.8) is 0 Å². The second kappa shape index (κ2) is 3.82. The van der Waals surface area contributed by atoms with Crippen LogP contribution in [0.4, 0.5) is 0 Å². The molecule has 0 bridgehead atoms. The number of pyridine rings is 1. The highest BCUT2D eigenvalue weighted by molar-refractivity contribution is 7.17. The van der Waals surface area contributed by atoms with Gasteiger partial charge in [-0.1, -0.05) is 0 Å². The van der Waals surface area contributed by atoms with E-state index in [0.29, 0.717) is 0 Å². The van der Waals surface area contributed by atoms with Gasteiger partial charge >= 0.3 is 0 Å². The third kappa shape index (κ3) is 2.05. The molecule has 3 nitrogen and oxygen atoms in total. The summed E-state index contributed by atoms with van der Waals surface area (Å²) in [7, 11) is 0. The number of ketones is 1. The van der Waals surface area contributed by atoms with Crippen LogP contribution in [0, 0.1) is 0 Å². The summed E-state index contributed by atoms with van der Waals surface area (Å²) in [5.41, 5.74) is 0.800. The molecule has 0 unspecified atom stereocenters. The molecular weight excluding hydrogens is 210 g/mol. The quantitative estimate of drug-likeness (QED) is 0.788. The van der Waals surface area contributed by atoms with Gasteiger partial charge in [-0.2, -0.15) is 0 Å². The number of carbonyl (C=O) groups is 1. The van der Waals surface area contributed by atoms with Crippen molar-refractivity contribution in [3.8, 4) is 10.4 Å². The third-order valence-electron chi connectivity index (χ3n) is 2.02. The molecule has 2 aromatic heterocycles. The van der Waals surface area contributed by atoms with Crippen molar-refractivity contribution in [3.05, 3.63) is 45.7 Å². The van der Waals surface area contributed by atoms with Crippen LogP contribution in [-0.2, 0) is 0 Å². The van der Waals surface area contributed by atoms with Crippen LogP contribution in [0.15, 0.2) is 35.3 Å². The largest absolute Gasteiger partial charge is 0.328 e. The molecule has 0 saturated heterocycles. The van der Waals surface area contributed by atoms with Crippen molar-refractivity contribution in [1.82, 2.24) is 4.98 Å². The molecule has 0 radical (unpaired) electrons. The van der Waals surface area contributed by atoms with Gasteiger partial charge in [-0.25, -0.2) is 0 Å². The third-order valence-corrected chi connectivity index (χ3v) is 3.26. The minimum Gasteiger partial charge on any atom is -0.328 e. The lowest BCUT2D eigenvalue weighted by atomic mass is 10.2. The fourth-order valence-electron chi connectivity index (χ4n) is 1.25. The molecule has 0 aliphatic heterocycles. The van der Waals surface area contributed by atoms with E-state index >= 15 is 0 Å². The Balaban J connectivity index is 2.41. The van der Waals surface area contributed by atoms with Crippen LogP contribution in [0.3, 0.4) is 0 Å². The molecule has 76 valence electrons.